The van der Waals surface area contributed by atoms with Crippen molar-refractivity contribution in [2.45, 2.75) is 32.2 Å². The number of thiazole rings is 1. The van der Waals surface area contributed by atoms with Crippen LogP contribution in [0, 0.1) is 5.41 Å². The van der Waals surface area contributed by atoms with E-state index in [0.717, 1.165) is 11.3 Å². The Bertz CT molecular complexity index is 1190. The highest BCUT2D eigenvalue weighted by atomic mass is 32.2. The lowest BCUT2D eigenvalue weighted by Crippen LogP contribution is -2.71. The largest absolute Gasteiger partial charge is 0.427 e. The molecule has 0 aliphatic carbocycles. The molecule has 2 atom stereocenters. The van der Waals surface area contributed by atoms with Gasteiger partial charge in [-0.2, -0.15) is 0 Å². The molecule has 15 heteroatoms. The van der Waals surface area contributed by atoms with Gasteiger partial charge in [0.1, 0.15) is 29.9 Å². The molecule has 0 spiro atoms. The van der Waals surface area contributed by atoms with E-state index in [9.17, 15) is 19.2 Å². The molecule has 1 aromatic heterocycles. The second-order valence-corrected chi connectivity index (χ2v) is 11.0. The van der Waals surface area contributed by atoms with Crippen molar-refractivity contribution in [3.05, 3.63) is 34.5 Å². The summed E-state index contributed by atoms with van der Waals surface area (Å²) in [6.45, 7) is 4.68. The van der Waals surface area contributed by atoms with E-state index in [0.29, 0.717) is 17.9 Å². The van der Waals surface area contributed by atoms with Gasteiger partial charge in [0, 0.05) is 18.2 Å². The number of carbonyl (C=O) groups excluding carboxylic acids is 4. The van der Waals surface area contributed by atoms with E-state index in [2.05, 4.69) is 15.5 Å². The maximum absolute atomic E-state index is 13.2. The minimum atomic E-state index is -0.948. The van der Waals surface area contributed by atoms with Crippen molar-refractivity contribution in [3.63, 3.8) is 0 Å². The minimum absolute atomic E-state index is 0.00136. The molecule has 0 bridgehead atoms. The first-order chi connectivity index (χ1) is 18.0. The molecule has 1 fully saturated rings. The number of nitrogens with zero attached hydrogens (tertiary/aromatic N) is 3. The van der Waals surface area contributed by atoms with Gasteiger partial charge >= 0.3 is 11.9 Å². The molecular formula is C23H29N5O8S2. The number of nitrogens with two attached hydrogens (primary N) is 1. The van der Waals surface area contributed by atoms with E-state index in [-0.39, 0.29) is 22.2 Å². The van der Waals surface area contributed by atoms with Crippen molar-refractivity contribution < 1.29 is 38.2 Å². The Labute approximate surface area is 227 Å². The average molecular weight is 568 g/mol. The summed E-state index contributed by atoms with van der Waals surface area (Å²) in [5.41, 5.74) is 5.46. The summed E-state index contributed by atoms with van der Waals surface area (Å²) >= 11 is 2.48. The van der Waals surface area contributed by atoms with Crippen LogP contribution in [0.4, 0.5) is 5.13 Å². The number of nitrogen functional groups attached to an aromatic ring is 1. The third kappa shape index (κ3) is 6.52. The topological polar surface area (TPSA) is 172 Å². The van der Waals surface area contributed by atoms with Crippen LogP contribution in [0.3, 0.4) is 0 Å². The van der Waals surface area contributed by atoms with E-state index in [1.54, 1.807) is 38.3 Å². The molecule has 2 amide bonds. The molecule has 0 radical (unpaired) electrons. The number of hydrogen-bond acceptors (Lipinski definition) is 13. The molecule has 1 saturated heterocycles. The Hall–Kier alpha value is -3.43. The summed E-state index contributed by atoms with van der Waals surface area (Å²) in [6.07, 6.45) is 3.36. The first kappa shape index (κ1) is 29.1. The lowest BCUT2D eigenvalue weighted by Gasteiger charge is -2.49. The summed E-state index contributed by atoms with van der Waals surface area (Å²) < 4.78 is 15.2. The van der Waals surface area contributed by atoms with Crippen LogP contribution in [0.2, 0.25) is 0 Å². The zero-order valence-corrected chi connectivity index (χ0v) is 23.1. The van der Waals surface area contributed by atoms with Crippen LogP contribution in [-0.2, 0) is 38.2 Å². The second kappa shape index (κ2) is 12.4. The Balaban J connectivity index is 1.77. The SMILES string of the molecule is COC/C=C\C1=C(C(=O)OCOC(=O)C(C)(C)C)N2C(=O)[C@@H](NC(=O)/C(=N\OC)c3csc(N)n3)[C@@H]2SC1. The predicted octanol–water partition coefficient (Wildman–Crippen LogP) is 1.02. The highest BCUT2D eigenvalue weighted by Gasteiger charge is 2.54. The molecule has 206 valence electrons. The number of fused-ring (bicyclic) bond motifs is 1. The Morgan fingerprint density at radius 1 is 1.29 bits per heavy atom. The second-order valence-electron chi connectivity index (χ2n) is 9.02. The fraction of sp³-hybridized carbons (Fsp3) is 0.478. The van der Waals surface area contributed by atoms with Crippen LogP contribution in [0.25, 0.3) is 0 Å². The standard InChI is InChI=1S/C23H29N5O8S2/c1-23(2,3)21(32)36-11-35-20(31)16-12(7-6-8-33-4)9-37-19-15(18(30)28(16)19)26-17(29)14(27-34-5)13-10-38-22(24)25-13/h6-7,10,15,19H,8-9,11H2,1-5H3,(H2,24,25)(H,26,29)/b7-6-,27-14-/t15-,19+/m1/s1. The molecule has 3 N–H and O–H groups in total. The molecule has 0 unspecified atom stereocenters. The minimum Gasteiger partial charge on any atom is -0.427 e. The summed E-state index contributed by atoms with van der Waals surface area (Å²) in [5, 5.41) is 7.55. The molecule has 2 aliphatic rings. The van der Waals surface area contributed by atoms with Gasteiger partial charge in [-0.3, -0.25) is 19.3 Å². The number of carbonyl (C=O) groups is 4. The number of aromatic nitrogens is 1. The third-order valence-corrected chi connectivity index (χ3v) is 7.19. The van der Waals surface area contributed by atoms with Gasteiger partial charge < -0.3 is 30.1 Å². The van der Waals surface area contributed by atoms with Gasteiger partial charge in [-0.25, -0.2) is 9.78 Å². The van der Waals surface area contributed by atoms with Crippen molar-refractivity contribution in [3.8, 4) is 0 Å². The lowest BCUT2D eigenvalue weighted by atomic mass is 9.98. The Morgan fingerprint density at radius 3 is 2.63 bits per heavy atom. The molecule has 0 aromatic carbocycles. The van der Waals surface area contributed by atoms with E-state index in [1.807, 2.05) is 0 Å². The number of esters is 2. The van der Waals surface area contributed by atoms with Crippen LogP contribution >= 0.6 is 23.1 Å². The monoisotopic (exact) mass is 567 g/mol. The van der Waals surface area contributed by atoms with Crippen LogP contribution < -0.4 is 11.1 Å². The third-order valence-electron chi connectivity index (χ3n) is 5.21. The van der Waals surface area contributed by atoms with E-state index < -0.39 is 47.4 Å². The van der Waals surface area contributed by atoms with Gasteiger partial charge in [0.2, 0.25) is 6.79 Å². The summed E-state index contributed by atoms with van der Waals surface area (Å²) in [7, 11) is 2.80. The molecule has 2 aliphatic heterocycles. The zero-order valence-electron chi connectivity index (χ0n) is 21.5. The summed E-state index contributed by atoms with van der Waals surface area (Å²) in [5.74, 6) is -2.26. The van der Waals surface area contributed by atoms with Crippen LogP contribution in [-0.4, -0.2) is 84.1 Å². The van der Waals surface area contributed by atoms with Gasteiger partial charge in [-0.05, 0) is 26.3 Å². The van der Waals surface area contributed by atoms with Gasteiger partial charge in [-0.15, -0.1) is 23.1 Å². The first-order valence-corrected chi connectivity index (χ1v) is 13.2. The first-order valence-electron chi connectivity index (χ1n) is 11.3. The smallest absolute Gasteiger partial charge is 0.358 e. The van der Waals surface area contributed by atoms with E-state index >= 15 is 0 Å². The van der Waals surface area contributed by atoms with Gasteiger partial charge in [0.05, 0.1) is 12.0 Å². The molecule has 38 heavy (non-hydrogen) atoms. The van der Waals surface area contributed by atoms with E-state index in [4.69, 9.17) is 24.8 Å². The highest BCUT2D eigenvalue weighted by molar-refractivity contribution is 8.00. The Morgan fingerprint density at radius 2 is 2.03 bits per heavy atom. The molecule has 3 heterocycles. The van der Waals surface area contributed by atoms with Crippen molar-refractivity contribution in [2.24, 2.45) is 10.6 Å². The average Bonchev–Trinajstić information content (AvgIpc) is 3.30. The number of hydrogen-bond donors (Lipinski definition) is 2. The van der Waals surface area contributed by atoms with Crippen LogP contribution in [0.5, 0.6) is 0 Å². The fourth-order valence-electron chi connectivity index (χ4n) is 3.37. The number of nitrogens with one attached hydrogen (secondary N) is 1. The highest BCUT2D eigenvalue weighted by Crippen LogP contribution is 2.41. The van der Waals surface area contributed by atoms with Gasteiger partial charge in [-0.1, -0.05) is 17.3 Å². The number of allylic oxidation sites excluding steroid dienone is 1. The lowest BCUT2D eigenvalue weighted by molar-refractivity contribution is -0.173. The zero-order chi connectivity index (χ0) is 28.0. The van der Waals surface area contributed by atoms with Gasteiger partial charge in [0.25, 0.3) is 11.8 Å². The molecule has 1 aromatic rings. The number of ether oxygens (including phenoxy) is 3. The quantitative estimate of drug-likeness (QED) is 0.136. The van der Waals surface area contributed by atoms with Crippen molar-refractivity contribution >= 4 is 57.7 Å². The number of amides is 2. The van der Waals surface area contributed by atoms with Crippen molar-refractivity contribution in [2.75, 3.05) is 39.1 Å². The number of methoxy groups -OCH3 is 1. The molecule has 3 rings (SSSR count). The number of rotatable bonds is 10. The molecule has 0 saturated carbocycles. The number of thioether (sulfide) groups is 1. The Kier molecular flexibility index (Phi) is 9.51. The summed E-state index contributed by atoms with van der Waals surface area (Å²) in [6, 6.07) is -0.948. The normalized spacial score (nSPS) is 19.7. The number of oxime groups is 1. The van der Waals surface area contributed by atoms with Gasteiger partial charge in [0.15, 0.2) is 10.8 Å². The van der Waals surface area contributed by atoms with Crippen molar-refractivity contribution in [1.29, 1.82) is 0 Å². The number of β-lactam (4-membered cyclic amide) rings is 1. The predicted molar refractivity (Wildman–Crippen MR) is 140 cm³/mol. The molecule has 13 nitrogen and oxygen atoms in total. The number of anilines is 1. The van der Waals surface area contributed by atoms with E-state index in [1.165, 1.54) is 30.9 Å². The maximum atomic E-state index is 13.2. The van der Waals surface area contributed by atoms with Crippen molar-refractivity contribution in [1.82, 2.24) is 15.2 Å². The maximum Gasteiger partial charge on any atom is 0.358 e. The van der Waals surface area contributed by atoms with Crippen LogP contribution in [0.1, 0.15) is 26.5 Å². The summed E-state index contributed by atoms with van der Waals surface area (Å²) in [4.78, 5) is 61.2. The molecular weight excluding hydrogens is 538 g/mol. The van der Waals surface area contributed by atoms with Crippen LogP contribution in [0.15, 0.2) is 34.0 Å². The fourth-order valence-corrected chi connectivity index (χ4v) is 5.24.